The zero-order chi connectivity index (χ0) is 10.7. The number of thiazole rings is 1. The Morgan fingerprint density at radius 2 is 2.33 bits per heavy atom. The molecule has 0 saturated carbocycles. The molecule has 0 fully saturated rings. The quantitative estimate of drug-likeness (QED) is 0.686. The molecule has 5 heteroatoms. The summed E-state index contributed by atoms with van der Waals surface area (Å²) < 4.78 is 13.8. The van der Waals surface area contributed by atoms with E-state index in [9.17, 15) is 4.39 Å². The van der Waals surface area contributed by atoms with Gasteiger partial charge in [-0.25, -0.2) is 9.37 Å². The smallest absolute Gasteiger partial charge is 0.183 e. The van der Waals surface area contributed by atoms with Crippen molar-refractivity contribution in [3.05, 3.63) is 24.0 Å². The van der Waals surface area contributed by atoms with Crippen molar-refractivity contribution >= 4 is 42.6 Å². The lowest BCUT2D eigenvalue weighted by atomic mass is 10.3. The lowest BCUT2D eigenvalue weighted by molar-refractivity contribution is 0.630. The molecule has 0 atom stereocenters. The Morgan fingerprint density at radius 3 is 3.13 bits per heavy atom. The number of rotatable bonds is 4. The summed E-state index contributed by atoms with van der Waals surface area (Å²) in [7, 11) is 0. The van der Waals surface area contributed by atoms with Crippen molar-refractivity contribution in [2.75, 3.05) is 17.2 Å². The fourth-order valence-electron chi connectivity index (χ4n) is 1.24. The van der Waals surface area contributed by atoms with Gasteiger partial charge in [0.2, 0.25) is 0 Å². The molecule has 2 nitrogen and oxygen atoms in total. The second-order valence-corrected chi connectivity index (χ2v) is 4.92. The largest absolute Gasteiger partial charge is 0.361 e. The molecule has 80 valence electrons. The van der Waals surface area contributed by atoms with Crippen LogP contribution in [0.25, 0.3) is 10.2 Å². The average Bonchev–Trinajstić information content (AvgIpc) is 2.60. The first-order valence-electron chi connectivity index (χ1n) is 4.65. The Bertz CT molecular complexity index is 458. The van der Waals surface area contributed by atoms with Crippen LogP contribution in [-0.2, 0) is 0 Å². The number of aromatic nitrogens is 1. The Kier molecular flexibility index (Phi) is 3.53. The van der Waals surface area contributed by atoms with Crippen LogP contribution in [0, 0.1) is 5.82 Å². The minimum Gasteiger partial charge on any atom is -0.361 e. The van der Waals surface area contributed by atoms with Gasteiger partial charge < -0.3 is 5.32 Å². The van der Waals surface area contributed by atoms with Crippen LogP contribution in [0.15, 0.2) is 18.2 Å². The Labute approximate surface area is 99.7 Å². The molecule has 0 saturated heterocycles. The van der Waals surface area contributed by atoms with Crippen LogP contribution in [0.4, 0.5) is 9.52 Å². The van der Waals surface area contributed by atoms with Gasteiger partial charge in [0.15, 0.2) is 5.13 Å². The van der Waals surface area contributed by atoms with Crippen molar-refractivity contribution in [1.82, 2.24) is 4.98 Å². The van der Waals surface area contributed by atoms with Gasteiger partial charge in [-0.2, -0.15) is 0 Å². The van der Waals surface area contributed by atoms with Crippen LogP contribution < -0.4 is 5.32 Å². The van der Waals surface area contributed by atoms with Crippen molar-refractivity contribution in [3.63, 3.8) is 0 Å². The molecule has 0 radical (unpaired) electrons. The molecule has 1 aromatic carbocycles. The monoisotopic (exact) mass is 288 g/mol. The number of halogens is 2. The first kappa shape index (κ1) is 10.8. The van der Waals surface area contributed by atoms with Crippen LogP contribution >= 0.6 is 27.3 Å². The third kappa shape index (κ3) is 2.66. The Morgan fingerprint density at radius 1 is 1.47 bits per heavy atom. The topological polar surface area (TPSA) is 24.9 Å². The molecular formula is C10H10BrFN2S. The SMILES string of the molecule is Fc1ccc2nc(NCCCBr)sc2c1. The van der Waals surface area contributed by atoms with Gasteiger partial charge in [-0.15, -0.1) is 0 Å². The highest BCUT2D eigenvalue weighted by Gasteiger charge is 2.03. The fourth-order valence-corrected chi connectivity index (χ4v) is 2.43. The highest BCUT2D eigenvalue weighted by molar-refractivity contribution is 9.09. The molecule has 1 aromatic heterocycles. The molecule has 2 aromatic rings. The van der Waals surface area contributed by atoms with Gasteiger partial charge in [0.05, 0.1) is 10.2 Å². The number of alkyl halides is 1. The van der Waals surface area contributed by atoms with Gasteiger partial charge in [0.25, 0.3) is 0 Å². The Balaban J connectivity index is 2.16. The first-order valence-corrected chi connectivity index (χ1v) is 6.59. The molecule has 1 heterocycles. The highest BCUT2D eigenvalue weighted by Crippen LogP contribution is 2.26. The van der Waals surface area contributed by atoms with E-state index >= 15 is 0 Å². The molecule has 1 N–H and O–H groups in total. The maximum absolute atomic E-state index is 12.9. The van der Waals surface area contributed by atoms with Gasteiger partial charge in [0.1, 0.15) is 5.82 Å². The summed E-state index contributed by atoms with van der Waals surface area (Å²) in [6.07, 6.45) is 1.05. The van der Waals surface area contributed by atoms with E-state index in [1.807, 2.05) is 0 Å². The Hall–Kier alpha value is -0.680. The fraction of sp³-hybridized carbons (Fsp3) is 0.300. The molecule has 0 unspecified atom stereocenters. The van der Waals surface area contributed by atoms with Crippen molar-refractivity contribution in [3.8, 4) is 0 Å². The molecular weight excluding hydrogens is 279 g/mol. The first-order chi connectivity index (χ1) is 7.29. The van der Waals surface area contributed by atoms with E-state index in [0.29, 0.717) is 0 Å². The van der Waals surface area contributed by atoms with Crippen molar-refractivity contribution in [2.45, 2.75) is 6.42 Å². The van der Waals surface area contributed by atoms with E-state index in [4.69, 9.17) is 0 Å². The summed E-state index contributed by atoms with van der Waals surface area (Å²) in [4.78, 5) is 4.35. The molecule has 0 aliphatic carbocycles. The van der Waals surface area contributed by atoms with E-state index in [1.165, 1.54) is 23.5 Å². The summed E-state index contributed by atoms with van der Waals surface area (Å²) in [6, 6.07) is 4.66. The molecule has 2 rings (SSSR count). The number of nitrogens with one attached hydrogen (secondary N) is 1. The maximum Gasteiger partial charge on any atom is 0.183 e. The van der Waals surface area contributed by atoms with Crippen LogP contribution in [0.3, 0.4) is 0 Å². The minimum atomic E-state index is -0.210. The molecule has 0 bridgehead atoms. The number of anilines is 1. The summed E-state index contributed by atoms with van der Waals surface area (Å²) >= 11 is 4.84. The van der Waals surface area contributed by atoms with Crippen molar-refractivity contribution in [1.29, 1.82) is 0 Å². The number of benzene rings is 1. The van der Waals surface area contributed by atoms with Crippen LogP contribution in [0.1, 0.15) is 6.42 Å². The minimum absolute atomic E-state index is 0.210. The van der Waals surface area contributed by atoms with Crippen LogP contribution in [0.2, 0.25) is 0 Å². The zero-order valence-electron chi connectivity index (χ0n) is 7.96. The van der Waals surface area contributed by atoms with E-state index < -0.39 is 0 Å². The lowest BCUT2D eigenvalue weighted by Crippen LogP contribution is -2.00. The second-order valence-electron chi connectivity index (χ2n) is 3.10. The van der Waals surface area contributed by atoms with Gasteiger partial charge in [-0.05, 0) is 24.6 Å². The van der Waals surface area contributed by atoms with Crippen LogP contribution in [0.5, 0.6) is 0 Å². The molecule has 0 aliphatic rings. The normalized spacial score (nSPS) is 10.8. The van der Waals surface area contributed by atoms with Gasteiger partial charge >= 0.3 is 0 Å². The predicted octanol–water partition coefficient (Wildman–Crippen LogP) is 3.63. The van der Waals surface area contributed by atoms with E-state index in [1.54, 1.807) is 6.07 Å². The molecule has 0 amide bonds. The molecule has 15 heavy (non-hydrogen) atoms. The average molecular weight is 289 g/mol. The third-order valence-corrected chi connectivity index (χ3v) is 3.47. The van der Waals surface area contributed by atoms with Crippen LogP contribution in [-0.4, -0.2) is 16.9 Å². The van der Waals surface area contributed by atoms with E-state index in [-0.39, 0.29) is 5.82 Å². The standard InChI is InChI=1S/C10H10BrFN2S/c11-4-1-5-13-10-14-8-3-2-7(12)6-9(8)15-10/h2-3,6H,1,4-5H2,(H,13,14). The predicted molar refractivity (Wildman–Crippen MR) is 66.5 cm³/mol. The summed E-state index contributed by atoms with van der Waals surface area (Å²) in [5.41, 5.74) is 0.850. The van der Waals surface area contributed by atoms with E-state index in [0.717, 1.165) is 33.6 Å². The highest BCUT2D eigenvalue weighted by atomic mass is 79.9. The summed E-state index contributed by atoms with van der Waals surface area (Å²) in [5.74, 6) is -0.210. The summed E-state index contributed by atoms with van der Waals surface area (Å²) in [5, 5.41) is 5.04. The molecule has 0 spiro atoms. The van der Waals surface area contributed by atoms with Crippen molar-refractivity contribution < 1.29 is 4.39 Å². The van der Waals surface area contributed by atoms with Gasteiger partial charge in [0, 0.05) is 11.9 Å². The number of nitrogens with zero attached hydrogens (tertiary/aromatic N) is 1. The number of fused-ring (bicyclic) bond motifs is 1. The van der Waals surface area contributed by atoms with Gasteiger partial charge in [-0.1, -0.05) is 27.3 Å². The van der Waals surface area contributed by atoms with Gasteiger partial charge in [-0.3, -0.25) is 0 Å². The third-order valence-electron chi connectivity index (χ3n) is 1.94. The number of hydrogen-bond acceptors (Lipinski definition) is 3. The summed E-state index contributed by atoms with van der Waals surface area (Å²) in [6.45, 7) is 0.882. The molecule has 0 aliphatic heterocycles. The maximum atomic E-state index is 12.9. The van der Waals surface area contributed by atoms with E-state index in [2.05, 4.69) is 26.2 Å². The van der Waals surface area contributed by atoms with Crippen molar-refractivity contribution in [2.24, 2.45) is 0 Å². The zero-order valence-corrected chi connectivity index (χ0v) is 10.4. The second kappa shape index (κ2) is 4.90. The number of hydrogen-bond donors (Lipinski definition) is 1. The lowest BCUT2D eigenvalue weighted by Gasteiger charge is -1.97.